The molecular formula is C19H28N2O3. The van der Waals surface area contributed by atoms with Gasteiger partial charge < -0.3 is 20.5 Å². The molecule has 0 aromatic heterocycles. The van der Waals surface area contributed by atoms with Gasteiger partial charge >= 0.3 is 6.03 Å². The van der Waals surface area contributed by atoms with Crippen molar-refractivity contribution >= 4 is 11.7 Å². The van der Waals surface area contributed by atoms with E-state index in [0.717, 1.165) is 50.0 Å². The van der Waals surface area contributed by atoms with Gasteiger partial charge in [-0.15, -0.1) is 0 Å². The lowest BCUT2D eigenvalue weighted by Crippen LogP contribution is -2.35. The van der Waals surface area contributed by atoms with Gasteiger partial charge in [-0.2, -0.15) is 0 Å². The first-order valence-corrected chi connectivity index (χ1v) is 9.18. The minimum Gasteiger partial charge on any atom is -0.490 e. The fourth-order valence-electron chi connectivity index (χ4n) is 3.68. The van der Waals surface area contributed by atoms with Crippen LogP contribution in [-0.4, -0.2) is 29.9 Å². The van der Waals surface area contributed by atoms with E-state index in [0.29, 0.717) is 18.6 Å². The maximum absolute atomic E-state index is 12.0. The van der Waals surface area contributed by atoms with E-state index in [-0.39, 0.29) is 12.1 Å². The summed E-state index contributed by atoms with van der Waals surface area (Å²) < 4.78 is 5.92. The molecule has 2 aliphatic rings. The minimum atomic E-state index is -0.207. The molecule has 24 heavy (non-hydrogen) atoms. The van der Waals surface area contributed by atoms with Crippen LogP contribution in [-0.2, 0) is 0 Å². The third-order valence-electron chi connectivity index (χ3n) is 5.02. The van der Waals surface area contributed by atoms with Crippen molar-refractivity contribution in [3.63, 3.8) is 0 Å². The number of aliphatic hydroxyl groups is 1. The Labute approximate surface area is 143 Å². The predicted octanol–water partition coefficient (Wildman–Crippen LogP) is 3.68. The van der Waals surface area contributed by atoms with Crippen LogP contribution in [0.25, 0.3) is 0 Å². The van der Waals surface area contributed by atoms with Gasteiger partial charge in [0.15, 0.2) is 0 Å². The van der Waals surface area contributed by atoms with E-state index in [1.807, 2.05) is 24.3 Å². The highest BCUT2D eigenvalue weighted by atomic mass is 16.5. The quantitative estimate of drug-likeness (QED) is 0.770. The van der Waals surface area contributed by atoms with Crippen LogP contribution in [0.4, 0.5) is 10.5 Å². The van der Waals surface area contributed by atoms with Crippen molar-refractivity contribution in [3.8, 4) is 5.75 Å². The molecule has 0 heterocycles. The van der Waals surface area contributed by atoms with Gasteiger partial charge in [0, 0.05) is 12.2 Å². The summed E-state index contributed by atoms with van der Waals surface area (Å²) >= 11 is 0. The number of aliphatic hydroxyl groups excluding tert-OH is 1. The molecule has 0 spiro atoms. The molecule has 0 aliphatic heterocycles. The Hall–Kier alpha value is -1.75. The molecule has 2 fully saturated rings. The maximum Gasteiger partial charge on any atom is 0.319 e. The topological polar surface area (TPSA) is 70.6 Å². The van der Waals surface area contributed by atoms with Crippen molar-refractivity contribution in [1.82, 2.24) is 5.32 Å². The fourth-order valence-corrected chi connectivity index (χ4v) is 3.68. The molecule has 2 saturated carbocycles. The van der Waals surface area contributed by atoms with Crippen molar-refractivity contribution in [3.05, 3.63) is 24.3 Å². The van der Waals surface area contributed by atoms with Crippen LogP contribution in [0.15, 0.2) is 24.3 Å². The van der Waals surface area contributed by atoms with Crippen molar-refractivity contribution in [2.45, 2.75) is 63.6 Å². The molecule has 2 aliphatic carbocycles. The van der Waals surface area contributed by atoms with Gasteiger partial charge in [-0.25, -0.2) is 4.79 Å². The number of ether oxygens (including phenoxy) is 1. The lowest BCUT2D eigenvalue weighted by atomic mass is 9.87. The highest BCUT2D eigenvalue weighted by Crippen LogP contribution is 2.25. The lowest BCUT2D eigenvalue weighted by Gasteiger charge is -2.25. The van der Waals surface area contributed by atoms with Crippen LogP contribution in [0.1, 0.15) is 51.4 Å². The molecule has 3 N–H and O–H groups in total. The number of carbonyl (C=O) groups excluding carboxylic acids is 1. The fraction of sp³-hybridized carbons (Fsp3) is 0.632. The first-order valence-electron chi connectivity index (χ1n) is 9.18. The number of urea groups is 1. The Kier molecular flexibility index (Phi) is 5.96. The average Bonchev–Trinajstić information content (AvgIpc) is 3.08. The monoisotopic (exact) mass is 332 g/mol. The zero-order valence-corrected chi connectivity index (χ0v) is 14.2. The molecule has 0 saturated heterocycles. The second-order valence-electron chi connectivity index (χ2n) is 7.07. The number of hydrogen-bond acceptors (Lipinski definition) is 3. The number of benzene rings is 1. The Morgan fingerprint density at radius 2 is 1.83 bits per heavy atom. The molecule has 1 aromatic rings. The number of rotatable bonds is 5. The van der Waals surface area contributed by atoms with Gasteiger partial charge in [0.2, 0.25) is 0 Å². The molecule has 2 unspecified atom stereocenters. The van der Waals surface area contributed by atoms with Crippen molar-refractivity contribution in [2.75, 3.05) is 11.9 Å². The van der Waals surface area contributed by atoms with Crippen molar-refractivity contribution in [2.24, 2.45) is 5.92 Å². The Morgan fingerprint density at radius 3 is 2.54 bits per heavy atom. The molecule has 132 valence electrons. The smallest absolute Gasteiger partial charge is 0.319 e. The summed E-state index contributed by atoms with van der Waals surface area (Å²) in [6, 6.07) is 7.36. The van der Waals surface area contributed by atoms with E-state index in [1.165, 1.54) is 12.8 Å². The van der Waals surface area contributed by atoms with Gasteiger partial charge in [0.1, 0.15) is 5.75 Å². The molecule has 0 bridgehead atoms. The van der Waals surface area contributed by atoms with Crippen LogP contribution in [0.5, 0.6) is 5.75 Å². The van der Waals surface area contributed by atoms with E-state index in [4.69, 9.17) is 4.74 Å². The summed E-state index contributed by atoms with van der Waals surface area (Å²) in [6.07, 6.45) is 8.70. The van der Waals surface area contributed by atoms with Gasteiger partial charge in [-0.05, 0) is 75.1 Å². The van der Waals surface area contributed by atoms with Gasteiger partial charge in [-0.1, -0.05) is 6.42 Å². The molecule has 3 rings (SSSR count). The van der Waals surface area contributed by atoms with Gasteiger partial charge in [0.25, 0.3) is 0 Å². The second kappa shape index (κ2) is 8.38. The normalized spacial score (nSPS) is 24.5. The second-order valence-corrected chi connectivity index (χ2v) is 7.07. The molecule has 2 atom stereocenters. The zero-order chi connectivity index (χ0) is 16.8. The number of carbonyl (C=O) groups is 1. The molecule has 5 nitrogen and oxygen atoms in total. The Bertz CT molecular complexity index is 526. The predicted molar refractivity (Wildman–Crippen MR) is 94.3 cm³/mol. The number of hydrogen-bond donors (Lipinski definition) is 3. The molecule has 1 aromatic carbocycles. The first-order chi connectivity index (χ1) is 11.7. The number of amides is 2. The SMILES string of the molecule is O=C(NCC1CCCC(O)C1)Nc1ccc(OC2CCCC2)cc1. The highest BCUT2D eigenvalue weighted by Gasteiger charge is 2.20. The van der Waals surface area contributed by atoms with E-state index in [9.17, 15) is 9.90 Å². The van der Waals surface area contributed by atoms with Crippen LogP contribution < -0.4 is 15.4 Å². The Morgan fingerprint density at radius 1 is 1.08 bits per heavy atom. The summed E-state index contributed by atoms with van der Waals surface area (Å²) in [5, 5.41) is 15.4. The van der Waals surface area contributed by atoms with Crippen molar-refractivity contribution in [1.29, 1.82) is 0 Å². The van der Waals surface area contributed by atoms with E-state index < -0.39 is 0 Å². The average molecular weight is 332 g/mol. The summed E-state index contributed by atoms with van der Waals surface area (Å²) in [7, 11) is 0. The van der Waals surface area contributed by atoms with E-state index in [2.05, 4.69) is 10.6 Å². The van der Waals surface area contributed by atoms with E-state index in [1.54, 1.807) is 0 Å². The summed E-state index contributed by atoms with van der Waals surface area (Å²) in [5.74, 6) is 1.24. The van der Waals surface area contributed by atoms with Gasteiger partial charge in [-0.3, -0.25) is 0 Å². The van der Waals surface area contributed by atoms with Gasteiger partial charge in [0.05, 0.1) is 12.2 Å². The van der Waals surface area contributed by atoms with Crippen LogP contribution in [0.3, 0.4) is 0 Å². The molecule has 2 amide bonds. The Balaban J connectivity index is 1.40. The molecule has 5 heteroatoms. The number of anilines is 1. The summed E-state index contributed by atoms with van der Waals surface area (Å²) in [4.78, 5) is 12.0. The highest BCUT2D eigenvalue weighted by molar-refractivity contribution is 5.89. The molecular weight excluding hydrogens is 304 g/mol. The van der Waals surface area contributed by atoms with Crippen molar-refractivity contribution < 1.29 is 14.6 Å². The third kappa shape index (κ3) is 5.13. The maximum atomic E-state index is 12.0. The minimum absolute atomic E-state index is 0.195. The van der Waals surface area contributed by atoms with Crippen LogP contribution >= 0.6 is 0 Å². The summed E-state index contributed by atoms with van der Waals surface area (Å²) in [5.41, 5.74) is 0.759. The summed E-state index contributed by atoms with van der Waals surface area (Å²) in [6.45, 7) is 0.617. The standard InChI is InChI=1S/C19H28N2O3/c22-16-5-3-4-14(12-16)13-20-19(23)21-15-8-10-18(11-9-15)24-17-6-1-2-7-17/h8-11,14,16-17,22H,1-7,12-13H2,(H2,20,21,23). The van der Waals surface area contributed by atoms with Crippen LogP contribution in [0.2, 0.25) is 0 Å². The third-order valence-corrected chi connectivity index (χ3v) is 5.02. The largest absolute Gasteiger partial charge is 0.490 e. The zero-order valence-electron chi connectivity index (χ0n) is 14.2. The number of nitrogens with one attached hydrogen (secondary N) is 2. The van der Waals surface area contributed by atoms with E-state index >= 15 is 0 Å². The lowest BCUT2D eigenvalue weighted by molar-refractivity contribution is 0.101. The van der Waals surface area contributed by atoms with Crippen LogP contribution in [0, 0.1) is 5.92 Å². The molecule has 0 radical (unpaired) electrons. The first kappa shape index (κ1) is 17.1.